The van der Waals surface area contributed by atoms with E-state index in [1.54, 1.807) is 28.4 Å². The van der Waals surface area contributed by atoms with Gasteiger partial charge in [-0.25, -0.2) is 0 Å². The summed E-state index contributed by atoms with van der Waals surface area (Å²) >= 11 is 0. The molecule has 0 amide bonds. The lowest BCUT2D eigenvalue weighted by molar-refractivity contribution is 0.302. The van der Waals surface area contributed by atoms with Crippen molar-refractivity contribution in [3.05, 3.63) is 22.8 Å². The Labute approximate surface area is 127 Å². The highest BCUT2D eigenvalue weighted by Crippen LogP contribution is 2.49. The van der Waals surface area contributed by atoms with Crippen LogP contribution in [0.5, 0.6) is 23.0 Å². The molecular formula is C17H26O4. The molecule has 1 rings (SSSR count). The Morgan fingerprint density at radius 2 is 1.33 bits per heavy atom. The molecule has 118 valence electrons. The van der Waals surface area contributed by atoms with Gasteiger partial charge in [-0.2, -0.15) is 0 Å². The van der Waals surface area contributed by atoms with E-state index >= 15 is 0 Å². The molecule has 0 aliphatic heterocycles. The quantitative estimate of drug-likeness (QED) is 0.714. The Hall–Kier alpha value is -1.84. The lowest BCUT2D eigenvalue weighted by Gasteiger charge is -2.21. The molecule has 0 fully saturated rings. The second-order valence-electron chi connectivity index (χ2n) is 4.84. The fourth-order valence-electron chi connectivity index (χ4n) is 2.32. The maximum atomic E-state index is 5.57. The van der Waals surface area contributed by atoms with Crippen LogP contribution >= 0.6 is 0 Å². The number of allylic oxidation sites excluding steroid dienone is 2. The standard InChI is InChI=1S/C17H26O4/c1-8-11(2)9-10-13-12(3)14(18-4)16(20-6)17(21-7)15(13)19-5/h9H,8,10H2,1-7H3/b11-9+. The number of hydrogen-bond donors (Lipinski definition) is 0. The van der Waals surface area contributed by atoms with Crippen molar-refractivity contribution in [2.75, 3.05) is 28.4 Å². The molecule has 0 spiro atoms. The third kappa shape index (κ3) is 3.43. The van der Waals surface area contributed by atoms with Gasteiger partial charge in [0, 0.05) is 11.1 Å². The first-order chi connectivity index (χ1) is 10.0. The number of rotatable bonds is 7. The lowest BCUT2D eigenvalue weighted by Crippen LogP contribution is -2.04. The molecule has 1 aromatic carbocycles. The second kappa shape index (κ2) is 7.81. The minimum Gasteiger partial charge on any atom is -0.492 e. The average molecular weight is 294 g/mol. The summed E-state index contributed by atoms with van der Waals surface area (Å²) < 4.78 is 22.0. The van der Waals surface area contributed by atoms with Crippen LogP contribution in [-0.4, -0.2) is 28.4 Å². The van der Waals surface area contributed by atoms with E-state index in [1.165, 1.54) is 5.57 Å². The Kier molecular flexibility index (Phi) is 6.40. The first-order valence-electron chi connectivity index (χ1n) is 7.06. The highest BCUT2D eigenvalue weighted by Gasteiger charge is 2.24. The molecule has 0 radical (unpaired) electrons. The summed E-state index contributed by atoms with van der Waals surface area (Å²) in [5.74, 6) is 2.52. The Morgan fingerprint density at radius 1 is 0.857 bits per heavy atom. The van der Waals surface area contributed by atoms with Gasteiger partial charge in [-0.15, -0.1) is 0 Å². The minimum atomic E-state index is 0.564. The van der Waals surface area contributed by atoms with E-state index in [0.717, 1.165) is 24.0 Å². The fraction of sp³-hybridized carbons (Fsp3) is 0.529. The lowest BCUT2D eigenvalue weighted by atomic mass is 10.00. The second-order valence-corrected chi connectivity index (χ2v) is 4.84. The van der Waals surface area contributed by atoms with E-state index in [-0.39, 0.29) is 0 Å². The Morgan fingerprint density at radius 3 is 1.76 bits per heavy atom. The molecule has 0 unspecified atom stereocenters. The van der Waals surface area contributed by atoms with Gasteiger partial charge in [0.05, 0.1) is 28.4 Å². The van der Waals surface area contributed by atoms with Crippen LogP contribution in [0.2, 0.25) is 0 Å². The molecule has 0 saturated carbocycles. The number of hydrogen-bond acceptors (Lipinski definition) is 4. The van der Waals surface area contributed by atoms with Crippen molar-refractivity contribution in [1.29, 1.82) is 0 Å². The zero-order valence-electron chi connectivity index (χ0n) is 14.1. The maximum absolute atomic E-state index is 5.57. The summed E-state index contributed by atoms with van der Waals surface area (Å²) in [5.41, 5.74) is 3.40. The summed E-state index contributed by atoms with van der Waals surface area (Å²) in [6.45, 7) is 6.28. The van der Waals surface area contributed by atoms with Crippen LogP contribution in [0.3, 0.4) is 0 Å². The van der Waals surface area contributed by atoms with Gasteiger partial charge in [0.2, 0.25) is 11.5 Å². The van der Waals surface area contributed by atoms with Gasteiger partial charge in [-0.05, 0) is 26.7 Å². The topological polar surface area (TPSA) is 36.9 Å². The highest BCUT2D eigenvalue weighted by molar-refractivity contribution is 5.67. The van der Waals surface area contributed by atoms with Crippen molar-refractivity contribution in [3.63, 3.8) is 0 Å². The van der Waals surface area contributed by atoms with Gasteiger partial charge in [-0.1, -0.05) is 18.6 Å². The van der Waals surface area contributed by atoms with Crippen LogP contribution in [-0.2, 0) is 6.42 Å². The van der Waals surface area contributed by atoms with E-state index in [0.29, 0.717) is 23.0 Å². The van der Waals surface area contributed by atoms with E-state index in [2.05, 4.69) is 19.9 Å². The molecule has 0 aromatic heterocycles. The van der Waals surface area contributed by atoms with Crippen molar-refractivity contribution in [2.24, 2.45) is 0 Å². The Balaban J connectivity index is 3.54. The smallest absolute Gasteiger partial charge is 0.207 e. The van der Waals surface area contributed by atoms with Gasteiger partial charge < -0.3 is 18.9 Å². The largest absolute Gasteiger partial charge is 0.492 e. The zero-order valence-corrected chi connectivity index (χ0v) is 14.1. The number of benzene rings is 1. The predicted octanol–water partition coefficient (Wildman–Crippen LogP) is 3.93. The maximum Gasteiger partial charge on any atom is 0.207 e. The third-order valence-electron chi connectivity index (χ3n) is 3.71. The molecule has 21 heavy (non-hydrogen) atoms. The molecular weight excluding hydrogens is 268 g/mol. The number of ether oxygens (including phenoxy) is 4. The molecule has 4 nitrogen and oxygen atoms in total. The van der Waals surface area contributed by atoms with Crippen molar-refractivity contribution < 1.29 is 18.9 Å². The molecule has 0 saturated heterocycles. The van der Waals surface area contributed by atoms with Crippen molar-refractivity contribution in [2.45, 2.75) is 33.6 Å². The first-order valence-corrected chi connectivity index (χ1v) is 7.06. The van der Waals surface area contributed by atoms with E-state index in [9.17, 15) is 0 Å². The van der Waals surface area contributed by atoms with Crippen LogP contribution < -0.4 is 18.9 Å². The SMILES string of the molecule is CC/C(C)=C/Cc1c(C)c(OC)c(OC)c(OC)c1OC. The van der Waals surface area contributed by atoms with Crippen LogP contribution in [0.25, 0.3) is 0 Å². The van der Waals surface area contributed by atoms with E-state index < -0.39 is 0 Å². The average Bonchev–Trinajstić information content (AvgIpc) is 2.51. The van der Waals surface area contributed by atoms with Crippen LogP contribution in [0.1, 0.15) is 31.4 Å². The van der Waals surface area contributed by atoms with Crippen molar-refractivity contribution in [3.8, 4) is 23.0 Å². The highest BCUT2D eigenvalue weighted by atomic mass is 16.5. The van der Waals surface area contributed by atoms with Gasteiger partial charge in [-0.3, -0.25) is 0 Å². The molecule has 0 N–H and O–H groups in total. The molecule has 0 aliphatic carbocycles. The number of methoxy groups -OCH3 is 4. The van der Waals surface area contributed by atoms with E-state index in [1.807, 2.05) is 6.92 Å². The molecule has 4 heteroatoms. The van der Waals surface area contributed by atoms with Crippen molar-refractivity contribution >= 4 is 0 Å². The zero-order chi connectivity index (χ0) is 16.0. The Bertz CT molecular complexity index is 518. The minimum absolute atomic E-state index is 0.564. The fourth-order valence-corrected chi connectivity index (χ4v) is 2.32. The molecule has 0 aliphatic rings. The summed E-state index contributed by atoms with van der Waals surface area (Å²) in [4.78, 5) is 0. The summed E-state index contributed by atoms with van der Waals surface area (Å²) in [7, 11) is 6.48. The molecule has 0 atom stereocenters. The first kappa shape index (κ1) is 17.2. The van der Waals surface area contributed by atoms with Crippen molar-refractivity contribution in [1.82, 2.24) is 0 Å². The molecule has 0 heterocycles. The third-order valence-corrected chi connectivity index (χ3v) is 3.71. The summed E-state index contributed by atoms with van der Waals surface area (Å²) in [6.07, 6.45) is 4.01. The van der Waals surface area contributed by atoms with Crippen LogP contribution in [0.4, 0.5) is 0 Å². The van der Waals surface area contributed by atoms with Crippen LogP contribution in [0, 0.1) is 6.92 Å². The van der Waals surface area contributed by atoms with Crippen LogP contribution in [0.15, 0.2) is 11.6 Å². The van der Waals surface area contributed by atoms with Gasteiger partial charge in [0.15, 0.2) is 11.5 Å². The normalized spacial score (nSPS) is 11.3. The summed E-state index contributed by atoms with van der Waals surface area (Å²) in [6, 6.07) is 0. The molecule has 1 aromatic rings. The summed E-state index contributed by atoms with van der Waals surface area (Å²) in [5, 5.41) is 0. The predicted molar refractivity (Wildman–Crippen MR) is 85.1 cm³/mol. The molecule has 0 bridgehead atoms. The van der Waals surface area contributed by atoms with Gasteiger partial charge in [0.25, 0.3) is 0 Å². The van der Waals surface area contributed by atoms with E-state index in [4.69, 9.17) is 18.9 Å². The monoisotopic (exact) mass is 294 g/mol. The van der Waals surface area contributed by atoms with Gasteiger partial charge >= 0.3 is 0 Å². The van der Waals surface area contributed by atoms with Gasteiger partial charge in [0.1, 0.15) is 0 Å².